The Balaban J connectivity index is 2.21. The van der Waals surface area contributed by atoms with Gasteiger partial charge < -0.3 is 5.32 Å². The number of halogens is 2. The Bertz CT molecular complexity index is 693. The van der Waals surface area contributed by atoms with Gasteiger partial charge in [0.05, 0.1) is 16.6 Å². The normalized spacial score (nSPS) is 10.2. The van der Waals surface area contributed by atoms with Crippen LogP contribution in [0.2, 0.25) is 0 Å². The summed E-state index contributed by atoms with van der Waals surface area (Å²) >= 11 is 0. The van der Waals surface area contributed by atoms with E-state index in [1.54, 1.807) is 18.3 Å². The summed E-state index contributed by atoms with van der Waals surface area (Å²) < 4.78 is 27.0. The van der Waals surface area contributed by atoms with E-state index in [1.165, 1.54) is 6.20 Å². The van der Waals surface area contributed by atoms with Gasteiger partial charge in [-0.05, 0) is 17.7 Å². The van der Waals surface area contributed by atoms with Crippen molar-refractivity contribution in [3.05, 3.63) is 69.5 Å². The third-order valence-corrected chi connectivity index (χ3v) is 2.64. The zero-order valence-corrected chi connectivity index (χ0v) is 10.5. The van der Waals surface area contributed by atoms with E-state index in [2.05, 4.69) is 10.3 Å². The van der Waals surface area contributed by atoms with Gasteiger partial charge in [0.2, 0.25) is 5.82 Å². The zero-order valence-electron chi connectivity index (χ0n) is 10.5. The van der Waals surface area contributed by atoms with Gasteiger partial charge in [-0.25, -0.2) is 4.39 Å². The van der Waals surface area contributed by atoms with Gasteiger partial charge in [0.15, 0.2) is 0 Å². The van der Waals surface area contributed by atoms with Gasteiger partial charge in [0.1, 0.15) is 5.82 Å². The van der Waals surface area contributed by atoms with Crippen LogP contribution in [-0.2, 0) is 6.54 Å². The Morgan fingerprint density at radius 1 is 1.38 bits per heavy atom. The average Bonchev–Trinajstić information content (AvgIpc) is 2.47. The molecule has 0 spiro atoms. The molecule has 1 amide bonds. The summed E-state index contributed by atoms with van der Waals surface area (Å²) in [7, 11) is 0. The van der Waals surface area contributed by atoms with Crippen molar-refractivity contribution in [2.45, 2.75) is 6.54 Å². The summed E-state index contributed by atoms with van der Waals surface area (Å²) in [5.41, 5.74) is -1.15. The molecule has 0 saturated heterocycles. The Morgan fingerprint density at radius 2 is 2.14 bits per heavy atom. The summed E-state index contributed by atoms with van der Waals surface area (Å²) in [6.45, 7) is 0.0381. The van der Waals surface area contributed by atoms with Gasteiger partial charge in [-0.3, -0.25) is 19.9 Å². The molecule has 0 atom stereocenters. The van der Waals surface area contributed by atoms with Gasteiger partial charge in [-0.15, -0.1) is 0 Å². The number of nitrogens with zero attached hydrogens (tertiary/aromatic N) is 2. The Labute approximate surface area is 117 Å². The molecular weight excluding hydrogens is 284 g/mol. The third kappa shape index (κ3) is 3.35. The lowest BCUT2D eigenvalue weighted by Crippen LogP contribution is -2.24. The smallest absolute Gasteiger partial charge is 0.308 e. The fourth-order valence-corrected chi connectivity index (χ4v) is 1.65. The first kappa shape index (κ1) is 14.5. The first-order valence-electron chi connectivity index (χ1n) is 5.79. The van der Waals surface area contributed by atoms with Crippen LogP contribution in [0.25, 0.3) is 0 Å². The van der Waals surface area contributed by atoms with E-state index in [1.807, 2.05) is 0 Å². The maximum atomic E-state index is 13.8. The number of hydrogen-bond acceptors (Lipinski definition) is 4. The standard InChI is InChI=1S/C13H9F2N3O3/c14-9-4-10(12(15)11(5-9)18(20)21)13(19)17-7-8-2-1-3-16-6-8/h1-6H,7H2,(H,17,19). The Hall–Kier alpha value is -2.90. The molecule has 1 aromatic heterocycles. The van der Waals surface area contributed by atoms with Crippen molar-refractivity contribution in [2.24, 2.45) is 0 Å². The van der Waals surface area contributed by atoms with Crippen molar-refractivity contribution < 1.29 is 18.5 Å². The summed E-state index contributed by atoms with van der Waals surface area (Å²) in [5.74, 6) is -3.38. The molecule has 2 aromatic rings. The summed E-state index contributed by atoms with van der Waals surface area (Å²) in [6, 6.07) is 4.36. The van der Waals surface area contributed by atoms with E-state index in [-0.39, 0.29) is 6.54 Å². The molecule has 0 saturated carbocycles. The van der Waals surface area contributed by atoms with Gasteiger partial charge in [-0.2, -0.15) is 4.39 Å². The van der Waals surface area contributed by atoms with Crippen molar-refractivity contribution in [2.75, 3.05) is 0 Å². The maximum Gasteiger partial charge on any atom is 0.308 e. The van der Waals surface area contributed by atoms with E-state index in [4.69, 9.17) is 0 Å². The molecule has 1 aromatic carbocycles. The molecule has 8 heteroatoms. The zero-order chi connectivity index (χ0) is 15.4. The fraction of sp³-hybridized carbons (Fsp3) is 0.0769. The predicted octanol–water partition coefficient (Wildman–Crippen LogP) is 2.20. The number of nitro benzene ring substituents is 1. The molecule has 0 aliphatic rings. The molecule has 21 heavy (non-hydrogen) atoms. The van der Waals surface area contributed by atoms with E-state index < -0.39 is 33.7 Å². The number of rotatable bonds is 4. The van der Waals surface area contributed by atoms with Crippen LogP contribution in [0.4, 0.5) is 14.5 Å². The van der Waals surface area contributed by atoms with Crippen LogP contribution in [0.1, 0.15) is 15.9 Å². The summed E-state index contributed by atoms with van der Waals surface area (Å²) in [4.78, 5) is 25.1. The van der Waals surface area contributed by atoms with Crippen molar-refractivity contribution in [1.82, 2.24) is 10.3 Å². The summed E-state index contributed by atoms with van der Waals surface area (Å²) in [6.07, 6.45) is 3.03. The highest BCUT2D eigenvalue weighted by Gasteiger charge is 2.24. The third-order valence-electron chi connectivity index (χ3n) is 2.64. The molecule has 0 aliphatic heterocycles. The first-order chi connectivity index (χ1) is 9.99. The minimum Gasteiger partial charge on any atom is -0.348 e. The maximum absolute atomic E-state index is 13.8. The van der Waals surface area contributed by atoms with Gasteiger partial charge in [0.25, 0.3) is 5.91 Å². The van der Waals surface area contributed by atoms with Gasteiger partial charge in [-0.1, -0.05) is 6.07 Å². The molecule has 0 fully saturated rings. The minimum atomic E-state index is -1.37. The van der Waals surface area contributed by atoms with E-state index >= 15 is 0 Å². The van der Waals surface area contributed by atoms with Crippen LogP contribution in [0.3, 0.4) is 0 Å². The molecule has 1 heterocycles. The molecular formula is C13H9F2N3O3. The molecule has 1 N–H and O–H groups in total. The van der Waals surface area contributed by atoms with Crippen molar-refractivity contribution >= 4 is 11.6 Å². The number of carbonyl (C=O) groups is 1. The number of nitrogens with one attached hydrogen (secondary N) is 1. The second-order valence-corrected chi connectivity index (χ2v) is 4.09. The second-order valence-electron chi connectivity index (χ2n) is 4.09. The van der Waals surface area contributed by atoms with Crippen LogP contribution in [0.5, 0.6) is 0 Å². The van der Waals surface area contributed by atoms with Crippen molar-refractivity contribution in [1.29, 1.82) is 0 Å². The highest BCUT2D eigenvalue weighted by atomic mass is 19.1. The highest BCUT2D eigenvalue weighted by Crippen LogP contribution is 2.22. The lowest BCUT2D eigenvalue weighted by atomic mass is 10.1. The highest BCUT2D eigenvalue weighted by molar-refractivity contribution is 5.95. The van der Waals surface area contributed by atoms with Crippen LogP contribution >= 0.6 is 0 Å². The molecule has 108 valence electrons. The number of benzene rings is 1. The molecule has 0 bridgehead atoms. The minimum absolute atomic E-state index is 0.0381. The van der Waals surface area contributed by atoms with Crippen molar-refractivity contribution in [3.8, 4) is 0 Å². The topological polar surface area (TPSA) is 85.1 Å². The predicted molar refractivity (Wildman–Crippen MR) is 68.4 cm³/mol. The van der Waals surface area contributed by atoms with E-state index in [0.29, 0.717) is 17.7 Å². The number of hydrogen-bond donors (Lipinski definition) is 1. The van der Waals surface area contributed by atoms with Gasteiger partial charge in [0, 0.05) is 18.9 Å². The SMILES string of the molecule is O=C(NCc1cccnc1)c1cc(F)cc([N+](=O)[O-])c1F. The largest absolute Gasteiger partial charge is 0.348 e. The molecule has 2 rings (SSSR count). The van der Waals surface area contributed by atoms with Crippen LogP contribution in [0, 0.1) is 21.7 Å². The summed E-state index contributed by atoms with van der Waals surface area (Å²) in [5, 5.41) is 12.9. The van der Waals surface area contributed by atoms with Crippen LogP contribution < -0.4 is 5.32 Å². The van der Waals surface area contributed by atoms with Crippen LogP contribution in [-0.4, -0.2) is 15.8 Å². The number of nitro groups is 1. The average molecular weight is 293 g/mol. The Morgan fingerprint density at radius 3 is 2.76 bits per heavy atom. The number of carbonyl (C=O) groups excluding carboxylic acids is 1. The fourth-order valence-electron chi connectivity index (χ4n) is 1.65. The van der Waals surface area contributed by atoms with E-state index in [0.717, 1.165) is 0 Å². The Kier molecular flexibility index (Phi) is 4.17. The quantitative estimate of drug-likeness (QED) is 0.691. The first-order valence-corrected chi connectivity index (χ1v) is 5.79. The lowest BCUT2D eigenvalue weighted by Gasteiger charge is -2.06. The van der Waals surface area contributed by atoms with E-state index in [9.17, 15) is 23.7 Å². The monoisotopic (exact) mass is 293 g/mol. The molecule has 6 nitrogen and oxygen atoms in total. The lowest BCUT2D eigenvalue weighted by molar-refractivity contribution is -0.387. The molecule has 0 unspecified atom stereocenters. The molecule has 0 radical (unpaired) electrons. The second kappa shape index (κ2) is 6.04. The van der Waals surface area contributed by atoms with Crippen molar-refractivity contribution in [3.63, 3.8) is 0 Å². The molecule has 0 aliphatic carbocycles. The number of amides is 1. The number of pyridine rings is 1. The van der Waals surface area contributed by atoms with Gasteiger partial charge >= 0.3 is 5.69 Å². The van der Waals surface area contributed by atoms with Crippen LogP contribution in [0.15, 0.2) is 36.7 Å². The number of aromatic nitrogens is 1.